The molecule has 1 saturated heterocycles. The summed E-state index contributed by atoms with van der Waals surface area (Å²) in [4.78, 5) is 25.8. The molecule has 0 spiro atoms. The summed E-state index contributed by atoms with van der Waals surface area (Å²) in [7, 11) is 3.18. The summed E-state index contributed by atoms with van der Waals surface area (Å²) in [6, 6.07) is 5.65. The zero-order valence-corrected chi connectivity index (χ0v) is 15.1. The number of hydrogen-bond acceptors (Lipinski definition) is 6. The van der Waals surface area contributed by atoms with E-state index in [1.807, 2.05) is 18.2 Å². The molecule has 0 bridgehead atoms. The van der Waals surface area contributed by atoms with Crippen LogP contribution < -0.4 is 9.47 Å². The second kappa shape index (κ2) is 8.82. The maximum Gasteiger partial charge on any atom is 0.306 e. The Kier molecular flexibility index (Phi) is 6.78. The number of hydrogen-bond donors (Lipinski definition) is 0. The van der Waals surface area contributed by atoms with Gasteiger partial charge in [-0.25, -0.2) is 0 Å². The number of carbonyl (C=O) groups is 2. The van der Waals surface area contributed by atoms with Crippen LogP contribution in [0.5, 0.6) is 11.5 Å². The Balaban J connectivity index is 2.13. The number of carbonyl (C=O) groups excluding carboxylic acids is 2. The fourth-order valence-electron chi connectivity index (χ4n) is 2.68. The molecule has 0 radical (unpaired) electrons. The molecule has 1 heterocycles. The van der Waals surface area contributed by atoms with Gasteiger partial charge >= 0.3 is 5.97 Å². The second-order valence-electron chi connectivity index (χ2n) is 5.20. The summed E-state index contributed by atoms with van der Waals surface area (Å²) in [6.07, 6.45) is 0.262. The van der Waals surface area contributed by atoms with Crippen LogP contribution in [-0.2, 0) is 14.3 Å². The maximum atomic E-state index is 12.5. The number of methoxy groups -OCH3 is 2. The quantitative estimate of drug-likeness (QED) is 0.702. The molecular formula is C17H23NO5S. The molecule has 0 aromatic heterocycles. The third kappa shape index (κ3) is 4.14. The molecule has 0 N–H and O–H groups in total. The SMILES string of the molecule is CCOC(=O)CCC(=O)N1CCSC1c1cccc(OC)c1OC. The van der Waals surface area contributed by atoms with Crippen molar-refractivity contribution in [1.29, 1.82) is 0 Å². The highest BCUT2D eigenvalue weighted by molar-refractivity contribution is 7.99. The van der Waals surface area contributed by atoms with Crippen LogP contribution in [0.3, 0.4) is 0 Å². The van der Waals surface area contributed by atoms with Gasteiger partial charge in [0, 0.05) is 24.3 Å². The van der Waals surface area contributed by atoms with E-state index in [0.29, 0.717) is 24.7 Å². The van der Waals surface area contributed by atoms with Crippen molar-refractivity contribution in [2.75, 3.05) is 33.1 Å². The Morgan fingerprint density at radius 1 is 1.25 bits per heavy atom. The van der Waals surface area contributed by atoms with Crippen molar-refractivity contribution in [3.05, 3.63) is 23.8 Å². The lowest BCUT2D eigenvalue weighted by atomic mass is 10.1. The first-order valence-electron chi connectivity index (χ1n) is 7.90. The van der Waals surface area contributed by atoms with Gasteiger partial charge in [-0.05, 0) is 13.0 Å². The van der Waals surface area contributed by atoms with Crippen molar-refractivity contribution in [3.8, 4) is 11.5 Å². The van der Waals surface area contributed by atoms with Crippen LogP contribution in [-0.4, -0.2) is 49.9 Å². The zero-order valence-electron chi connectivity index (χ0n) is 14.2. The highest BCUT2D eigenvalue weighted by atomic mass is 32.2. The van der Waals surface area contributed by atoms with Gasteiger partial charge in [0.1, 0.15) is 5.37 Å². The van der Waals surface area contributed by atoms with Crippen LogP contribution in [0.25, 0.3) is 0 Å². The maximum absolute atomic E-state index is 12.5. The molecule has 1 atom stereocenters. The third-order valence-electron chi connectivity index (χ3n) is 3.76. The Bertz CT molecular complexity index is 592. The van der Waals surface area contributed by atoms with E-state index in [2.05, 4.69) is 0 Å². The van der Waals surface area contributed by atoms with Crippen LogP contribution in [0.1, 0.15) is 30.7 Å². The van der Waals surface area contributed by atoms with E-state index in [9.17, 15) is 9.59 Å². The van der Waals surface area contributed by atoms with Crippen LogP contribution in [0.2, 0.25) is 0 Å². The second-order valence-corrected chi connectivity index (χ2v) is 6.39. The summed E-state index contributed by atoms with van der Waals surface area (Å²) in [6.45, 7) is 2.73. The van der Waals surface area contributed by atoms with Crippen LogP contribution in [0.4, 0.5) is 0 Å². The number of para-hydroxylation sites is 1. The minimum Gasteiger partial charge on any atom is -0.493 e. The lowest BCUT2D eigenvalue weighted by molar-refractivity contribution is -0.145. The number of nitrogens with zero attached hydrogens (tertiary/aromatic N) is 1. The minimum absolute atomic E-state index is 0.0528. The molecule has 1 aliphatic heterocycles. The summed E-state index contributed by atoms with van der Waals surface area (Å²) < 4.78 is 15.7. The van der Waals surface area contributed by atoms with E-state index in [1.165, 1.54) is 0 Å². The molecule has 7 heteroatoms. The molecule has 1 aromatic rings. The van der Waals surface area contributed by atoms with Gasteiger partial charge in [-0.15, -0.1) is 11.8 Å². The summed E-state index contributed by atoms with van der Waals surface area (Å²) in [5.74, 6) is 1.73. The Morgan fingerprint density at radius 3 is 2.71 bits per heavy atom. The molecule has 1 aliphatic rings. The van der Waals surface area contributed by atoms with Gasteiger partial charge in [0.15, 0.2) is 11.5 Å². The average Bonchev–Trinajstić information content (AvgIpc) is 3.08. The molecule has 1 aromatic carbocycles. The Labute approximate surface area is 146 Å². The first-order valence-corrected chi connectivity index (χ1v) is 8.94. The van der Waals surface area contributed by atoms with Crippen molar-refractivity contribution >= 4 is 23.6 Å². The third-order valence-corrected chi connectivity index (χ3v) is 5.00. The van der Waals surface area contributed by atoms with E-state index in [1.54, 1.807) is 37.8 Å². The topological polar surface area (TPSA) is 65.1 Å². The molecular weight excluding hydrogens is 330 g/mol. The molecule has 0 aliphatic carbocycles. The first-order chi connectivity index (χ1) is 11.6. The van der Waals surface area contributed by atoms with Crippen LogP contribution >= 0.6 is 11.8 Å². The number of rotatable bonds is 7. The standard InChI is InChI=1S/C17H23NO5S/c1-4-23-15(20)9-8-14(19)18-10-11-24-17(18)12-6-5-7-13(21-2)16(12)22-3/h5-7,17H,4,8-11H2,1-3H3. The molecule has 0 saturated carbocycles. The predicted octanol–water partition coefficient (Wildman–Crippen LogP) is 2.62. The van der Waals surface area contributed by atoms with Crippen molar-refractivity contribution in [1.82, 2.24) is 4.90 Å². The lowest BCUT2D eigenvalue weighted by Crippen LogP contribution is -2.31. The monoisotopic (exact) mass is 353 g/mol. The van der Waals surface area contributed by atoms with Gasteiger partial charge in [0.05, 0.1) is 27.2 Å². The Hall–Kier alpha value is -1.89. The van der Waals surface area contributed by atoms with E-state index in [4.69, 9.17) is 14.2 Å². The summed E-state index contributed by atoms with van der Waals surface area (Å²) in [5, 5.41) is -0.134. The molecule has 1 unspecified atom stereocenters. The van der Waals surface area contributed by atoms with Gasteiger partial charge in [-0.1, -0.05) is 12.1 Å². The average molecular weight is 353 g/mol. The normalized spacial score (nSPS) is 16.8. The van der Waals surface area contributed by atoms with Gasteiger partial charge in [-0.3, -0.25) is 9.59 Å². The molecule has 6 nitrogen and oxygen atoms in total. The van der Waals surface area contributed by atoms with E-state index < -0.39 is 0 Å². The van der Waals surface area contributed by atoms with Crippen molar-refractivity contribution in [2.45, 2.75) is 25.1 Å². The number of ether oxygens (including phenoxy) is 3. The zero-order chi connectivity index (χ0) is 17.5. The van der Waals surface area contributed by atoms with Crippen molar-refractivity contribution < 1.29 is 23.8 Å². The van der Waals surface area contributed by atoms with Crippen LogP contribution in [0, 0.1) is 0 Å². The minimum atomic E-state index is -0.340. The molecule has 24 heavy (non-hydrogen) atoms. The van der Waals surface area contributed by atoms with Crippen molar-refractivity contribution in [3.63, 3.8) is 0 Å². The number of esters is 1. The van der Waals surface area contributed by atoms with Crippen molar-refractivity contribution in [2.24, 2.45) is 0 Å². The number of benzene rings is 1. The predicted molar refractivity (Wildman–Crippen MR) is 92.3 cm³/mol. The molecule has 1 fully saturated rings. The molecule has 132 valence electrons. The van der Waals surface area contributed by atoms with E-state index in [-0.39, 0.29) is 30.1 Å². The van der Waals surface area contributed by atoms with Gasteiger partial charge in [0.25, 0.3) is 0 Å². The first kappa shape index (κ1) is 18.4. The summed E-state index contributed by atoms with van der Waals surface area (Å²) in [5.41, 5.74) is 0.906. The van der Waals surface area contributed by atoms with E-state index in [0.717, 1.165) is 11.3 Å². The highest BCUT2D eigenvalue weighted by Gasteiger charge is 2.33. The van der Waals surface area contributed by atoms with Crippen LogP contribution in [0.15, 0.2) is 18.2 Å². The summed E-state index contributed by atoms with van der Waals surface area (Å²) >= 11 is 1.68. The fraction of sp³-hybridized carbons (Fsp3) is 0.529. The largest absolute Gasteiger partial charge is 0.493 e. The molecule has 2 rings (SSSR count). The number of thioether (sulfide) groups is 1. The highest BCUT2D eigenvalue weighted by Crippen LogP contribution is 2.45. The van der Waals surface area contributed by atoms with Gasteiger partial charge in [0.2, 0.25) is 5.91 Å². The van der Waals surface area contributed by atoms with E-state index >= 15 is 0 Å². The smallest absolute Gasteiger partial charge is 0.306 e. The number of amides is 1. The lowest BCUT2D eigenvalue weighted by Gasteiger charge is -2.26. The van der Waals surface area contributed by atoms with Gasteiger partial charge in [-0.2, -0.15) is 0 Å². The fourth-order valence-corrected chi connectivity index (χ4v) is 3.97. The molecule has 1 amide bonds. The van der Waals surface area contributed by atoms with Gasteiger partial charge < -0.3 is 19.1 Å². The Morgan fingerprint density at radius 2 is 2.04 bits per heavy atom.